The van der Waals surface area contributed by atoms with Gasteiger partial charge in [-0.3, -0.25) is 4.79 Å². The molecular formula is C15H19N3O2S. The van der Waals surface area contributed by atoms with Gasteiger partial charge < -0.3 is 9.73 Å². The fraction of sp³-hybridized carbons (Fsp3) is 0.400. The highest BCUT2D eigenvalue weighted by Gasteiger charge is 2.18. The lowest BCUT2D eigenvalue weighted by Crippen LogP contribution is -2.30. The van der Waals surface area contributed by atoms with Crippen LogP contribution in [0.5, 0.6) is 0 Å². The Morgan fingerprint density at radius 1 is 1.29 bits per heavy atom. The molecule has 0 bridgehead atoms. The number of benzene rings is 1. The van der Waals surface area contributed by atoms with Gasteiger partial charge in [0.15, 0.2) is 0 Å². The van der Waals surface area contributed by atoms with Crippen LogP contribution in [-0.4, -0.2) is 27.9 Å². The third kappa shape index (κ3) is 4.07. The molecule has 5 nitrogen and oxygen atoms in total. The normalized spacial score (nSPS) is 12.2. The number of aryl methyl sites for hydroxylation is 2. The molecule has 1 atom stereocenters. The highest BCUT2D eigenvalue weighted by atomic mass is 32.2. The van der Waals surface area contributed by atoms with Crippen LogP contribution in [0.1, 0.15) is 25.0 Å². The second-order valence-electron chi connectivity index (χ2n) is 4.90. The van der Waals surface area contributed by atoms with Crippen molar-refractivity contribution in [2.24, 2.45) is 0 Å². The number of carbonyl (C=O) groups is 1. The Morgan fingerprint density at radius 3 is 2.57 bits per heavy atom. The van der Waals surface area contributed by atoms with E-state index in [0.29, 0.717) is 17.7 Å². The Bertz CT molecular complexity index is 619. The van der Waals surface area contributed by atoms with Gasteiger partial charge in [0.2, 0.25) is 11.8 Å². The van der Waals surface area contributed by atoms with Crippen LogP contribution in [0.25, 0.3) is 11.5 Å². The molecule has 0 radical (unpaired) electrons. The van der Waals surface area contributed by atoms with Gasteiger partial charge in [0.25, 0.3) is 5.22 Å². The second-order valence-corrected chi connectivity index (χ2v) is 6.20. The van der Waals surface area contributed by atoms with Gasteiger partial charge in [-0.25, -0.2) is 0 Å². The zero-order chi connectivity index (χ0) is 15.4. The lowest BCUT2D eigenvalue weighted by molar-refractivity contribution is -0.120. The van der Waals surface area contributed by atoms with Crippen LogP contribution in [-0.2, 0) is 4.79 Å². The third-order valence-corrected chi connectivity index (χ3v) is 3.81. The van der Waals surface area contributed by atoms with Gasteiger partial charge in [0.05, 0.1) is 5.25 Å². The summed E-state index contributed by atoms with van der Waals surface area (Å²) in [6.07, 6.45) is 0. The van der Waals surface area contributed by atoms with E-state index in [4.69, 9.17) is 4.42 Å². The maximum Gasteiger partial charge on any atom is 0.277 e. The largest absolute Gasteiger partial charge is 0.411 e. The van der Waals surface area contributed by atoms with E-state index < -0.39 is 0 Å². The Labute approximate surface area is 128 Å². The highest BCUT2D eigenvalue weighted by molar-refractivity contribution is 8.00. The lowest BCUT2D eigenvalue weighted by atomic mass is 10.1. The first kappa shape index (κ1) is 15.6. The number of nitrogens with one attached hydrogen (secondary N) is 1. The van der Waals surface area contributed by atoms with Crippen molar-refractivity contribution in [1.29, 1.82) is 0 Å². The van der Waals surface area contributed by atoms with Gasteiger partial charge in [-0.2, -0.15) is 0 Å². The monoisotopic (exact) mass is 305 g/mol. The first-order chi connectivity index (χ1) is 9.99. The topological polar surface area (TPSA) is 68.0 Å². The second kappa shape index (κ2) is 6.76. The average molecular weight is 305 g/mol. The fourth-order valence-corrected chi connectivity index (χ4v) is 2.70. The van der Waals surface area contributed by atoms with E-state index in [-0.39, 0.29) is 11.2 Å². The molecule has 0 aliphatic heterocycles. The van der Waals surface area contributed by atoms with Crippen molar-refractivity contribution in [3.63, 3.8) is 0 Å². The summed E-state index contributed by atoms with van der Waals surface area (Å²) in [5, 5.41) is 11.0. The summed E-state index contributed by atoms with van der Waals surface area (Å²) < 4.78 is 5.64. The van der Waals surface area contributed by atoms with Gasteiger partial charge in [0.1, 0.15) is 0 Å². The number of thioether (sulfide) groups is 1. The summed E-state index contributed by atoms with van der Waals surface area (Å²) in [6.45, 7) is 8.37. The lowest BCUT2D eigenvalue weighted by Gasteiger charge is -2.07. The fourth-order valence-electron chi connectivity index (χ4n) is 1.99. The molecule has 112 valence electrons. The maximum absolute atomic E-state index is 11.7. The maximum atomic E-state index is 11.7. The van der Waals surface area contributed by atoms with E-state index in [9.17, 15) is 4.79 Å². The van der Waals surface area contributed by atoms with Crippen LogP contribution >= 0.6 is 11.8 Å². The summed E-state index contributed by atoms with van der Waals surface area (Å²) >= 11 is 1.26. The van der Waals surface area contributed by atoms with Gasteiger partial charge >= 0.3 is 0 Å². The Balaban J connectivity index is 2.12. The van der Waals surface area contributed by atoms with Crippen molar-refractivity contribution >= 4 is 17.7 Å². The molecule has 1 amide bonds. The number of rotatable bonds is 5. The van der Waals surface area contributed by atoms with Crippen molar-refractivity contribution in [2.45, 2.75) is 38.2 Å². The van der Waals surface area contributed by atoms with Gasteiger partial charge in [-0.05, 0) is 39.8 Å². The molecule has 1 heterocycles. The van der Waals surface area contributed by atoms with E-state index in [2.05, 4.69) is 21.6 Å². The molecule has 6 heteroatoms. The molecule has 0 spiro atoms. The summed E-state index contributed by atoms with van der Waals surface area (Å²) in [4.78, 5) is 11.7. The molecule has 0 unspecified atom stereocenters. The number of nitrogens with zero attached hydrogens (tertiary/aromatic N) is 2. The first-order valence-electron chi connectivity index (χ1n) is 6.86. The molecule has 1 aromatic carbocycles. The number of hydrogen-bond donors (Lipinski definition) is 1. The minimum Gasteiger partial charge on any atom is -0.411 e. The van der Waals surface area contributed by atoms with Crippen LogP contribution in [0, 0.1) is 13.8 Å². The molecule has 0 aliphatic carbocycles. The molecule has 0 saturated heterocycles. The number of amides is 1. The molecule has 0 saturated carbocycles. The number of carbonyl (C=O) groups excluding carboxylic acids is 1. The standard InChI is InChI=1S/C15H19N3O2S/c1-5-16-13(19)11(4)21-15-18-17-14(20-15)12-7-9(2)6-10(3)8-12/h6-8,11H,5H2,1-4H3,(H,16,19)/t11-/m1/s1. The predicted molar refractivity (Wildman–Crippen MR) is 83.2 cm³/mol. The number of hydrogen-bond acceptors (Lipinski definition) is 5. The highest BCUT2D eigenvalue weighted by Crippen LogP contribution is 2.27. The molecule has 1 N–H and O–H groups in total. The zero-order valence-corrected chi connectivity index (χ0v) is 13.5. The molecule has 2 rings (SSSR count). The smallest absolute Gasteiger partial charge is 0.277 e. The van der Waals surface area contributed by atoms with Crippen molar-refractivity contribution in [1.82, 2.24) is 15.5 Å². The van der Waals surface area contributed by atoms with Gasteiger partial charge in [-0.1, -0.05) is 29.0 Å². The zero-order valence-electron chi connectivity index (χ0n) is 12.6. The predicted octanol–water partition coefficient (Wildman–Crippen LogP) is 2.97. The molecule has 21 heavy (non-hydrogen) atoms. The van der Waals surface area contributed by atoms with E-state index in [1.807, 2.05) is 39.8 Å². The van der Waals surface area contributed by atoms with Gasteiger partial charge in [0, 0.05) is 12.1 Å². The molecular weight excluding hydrogens is 286 g/mol. The molecule has 2 aromatic rings. The first-order valence-corrected chi connectivity index (χ1v) is 7.74. The van der Waals surface area contributed by atoms with E-state index in [1.165, 1.54) is 11.8 Å². The molecule has 0 aliphatic rings. The summed E-state index contributed by atoms with van der Waals surface area (Å²) in [7, 11) is 0. The SMILES string of the molecule is CCNC(=O)[C@@H](C)Sc1nnc(-c2cc(C)cc(C)c2)o1. The minimum absolute atomic E-state index is 0.0337. The summed E-state index contributed by atoms with van der Waals surface area (Å²) in [5.74, 6) is 0.445. The van der Waals surface area contributed by atoms with Crippen molar-refractivity contribution < 1.29 is 9.21 Å². The van der Waals surface area contributed by atoms with Crippen LogP contribution in [0.4, 0.5) is 0 Å². The molecule has 1 aromatic heterocycles. The van der Waals surface area contributed by atoms with E-state index >= 15 is 0 Å². The van der Waals surface area contributed by atoms with Crippen LogP contribution in [0.3, 0.4) is 0 Å². The van der Waals surface area contributed by atoms with Crippen LogP contribution in [0.2, 0.25) is 0 Å². The van der Waals surface area contributed by atoms with Crippen molar-refractivity contribution in [2.75, 3.05) is 6.54 Å². The van der Waals surface area contributed by atoms with Gasteiger partial charge in [-0.15, -0.1) is 10.2 Å². The quantitative estimate of drug-likeness (QED) is 0.860. The summed E-state index contributed by atoms with van der Waals surface area (Å²) in [5.41, 5.74) is 3.19. The van der Waals surface area contributed by atoms with E-state index in [0.717, 1.165) is 16.7 Å². The third-order valence-electron chi connectivity index (χ3n) is 2.87. The van der Waals surface area contributed by atoms with Crippen LogP contribution < -0.4 is 5.32 Å². The van der Waals surface area contributed by atoms with Crippen molar-refractivity contribution in [3.8, 4) is 11.5 Å². The number of aromatic nitrogens is 2. The average Bonchev–Trinajstić information content (AvgIpc) is 2.86. The van der Waals surface area contributed by atoms with E-state index in [1.54, 1.807) is 0 Å². The minimum atomic E-state index is -0.266. The molecule has 0 fully saturated rings. The Kier molecular flexibility index (Phi) is 5.01. The van der Waals surface area contributed by atoms with Crippen molar-refractivity contribution in [3.05, 3.63) is 29.3 Å². The van der Waals surface area contributed by atoms with Crippen LogP contribution in [0.15, 0.2) is 27.8 Å². The Hall–Kier alpha value is -1.82. The summed E-state index contributed by atoms with van der Waals surface area (Å²) in [6, 6.07) is 6.09. The Morgan fingerprint density at radius 2 is 1.95 bits per heavy atom.